The van der Waals surface area contributed by atoms with Crippen molar-refractivity contribution in [3.63, 3.8) is 0 Å². The molecule has 0 spiro atoms. The van der Waals surface area contributed by atoms with Gasteiger partial charge in [-0.2, -0.15) is 13.2 Å². The monoisotopic (exact) mass is 245 g/mol. The normalized spacial score (nSPS) is 11.7. The van der Waals surface area contributed by atoms with Gasteiger partial charge in [-0.15, -0.1) is 0 Å². The lowest BCUT2D eigenvalue weighted by Gasteiger charge is -2.17. The Morgan fingerprint density at radius 3 is 2.35 bits per heavy atom. The van der Waals surface area contributed by atoms with Crippen LogP contribution in [0.3, 0.4) is 0 Å². The van der Waals surface area contributed by atoms with Gasteiger partial charge in [0.1, 0.15) is 0 Å². The number of halogens is 3. The highest BCUT2D eigenvalue weighted by Gasteiger charge is 2.39. The quantitative estimate of drug-likeness (QED) is 0.847. The molecule has 17 heavy (non-hydrogen) atoms. The van der Waals surface area contributed by atoms with Gasteiger partial charge in [0.15, 0.2) is 0 Å². The highest BCUT2D eigenvalue weighted by molar-refractivity contribution is 5.95. The van der Waals surface area contributed by atoms with E-state index in [0.717, 1.165) is 11.1 Å². The van der Waals surface area contributed by atoms with E-state index in [0.29, 0.717) is 0 Å². The molecule has 1 aromatic carbocycles. The Morgan fingerprint density at radius 1 is 1.29 bits per heavy atom. The van der Waals surface area contributed by atoms with Crippen LogP contribution >= 0.6 is 0 Å². The van der Waals surface area contributed by atoms with E-state index in [4.69, 9.17) is 0 Å². The van der Waals surface area contributed by atoms with Crippen LogP contribution in [0.1, 0.15) is 30.9 Å². The number of amides is 1. The molecule has 0 saturated carbocycles. The van der Waals surface area contributed by atoms with Gasteiger partial charge in [0.05, 0.1) is 0 Å². The number of aryl methyl sites for hydroxylation is 1. The van der Waals surface area contributed by atoms with Crippen LogP contribution in [0, 0.1) is 6.92 Å². The summed E-state index contributed by atoms with van der Waals surface area (Å²) in [5, 5.41) is 1.91. The lowest BCUT2D eigenvalue weighted by molar-refractivity contribution is -0.167. The predicted octanol–water partition coefficient (Wildman–Crippen LogP) is 3.62. The molecule has 0 aromatic heterocycles. The first kappa shape index (κ1) is 13.5. The van der Waals surface area contributed by atoms with Gasteiger partial charge in [-0.3, -0.25) is 4.79 Å². The molecule has 1 aromatic rings. The van der Waals surface area contributed by atoms with Crippen molar-refractivity contribution in [3.05, 3.63) is 29.3 Å². The third-order valence-electron chi connectivity index (χ3n) is 2.41. The zero-order chi connectivity index (χ0) is 13.2. The van der Waals surface area contributed by atoms with Crippen molar-refractivity contribution in [1.82, 2.24) is 0 Å². The van der Waals surface area contributed by atoms with Gasteiger partial charge in [0.25, 0.3) is 0 Å². The fraction of sp³-hybridized carbons (Fsp3) is 0.417. The summed E-state index contributed by atoms with van der Waals surface area (Å²) >= 11 is 0. The molecular weight excluding hydrogens is 231 g/mol. The summed E-state index contributed by atoms with van der Waals surface area (Å²) in [6, 6.07) is 4.90. The summed E-state index contributed by atoms with van der Waals surface area (Å²) in [5.74, 6) is -1.90. The highest BCUT2D eigenvalue weighted by atomic mass is 19.4. The molecule has 0 aliphatic heterocycles. The first-order chi connectivity index (χ1) is 7.73. The Bertz CT molecular complexity index is 424. The van der Waals surface area contributed by atoms with Crippen LogP contribution < -0.4 is 5.32 Å². The van der Waals surface area contributed by atoms with Crippen molar-refractivity contribution >= 4 is 11.6 Å². The molecule has 0 heterocycles. The molecule has 1 rings (SSSR count). The standard InChI is InChI=1S/C12H14F3NO/c1-7(2)10-8(3)5-4-6-9(10)16-11(17)12(13,14)15/h4-7H,1-3H3,(H,16,17). The number of nitrogens with one attached hydrogen (secondary N) is 1. The van der Waals surface area contributed by atoms with Crippen LogP contribution in [-0.2, 0) is 4.79 Å². The van der Waals surface area contributed by atoms with E-state index in [1.54, 1.807) is 19.1 Å². The van der Waals surface area contributed by atoms with Crippen molar-refractivity contribution < 1.29 is 18.0 Å². The van der Waals surface area contributed by atoms with Crippen LogP contribution in [0.4, 0.5) is 18.9 Å². The molecule has 1 amide bonds. The number of carbonyl (C=O) groups excluding carboxylic acids is 1. The average molecular weight is 245 g/mol. The maximum absolute atomic E-state index is 12.2. The molecule has 94 valence electrons. The van der Waals surface area contributed by atoms with E-state index in [-0.39, 0.29) is 11.6 Å². The molecule has 0 radical (unpaired) electrons. The van der Waals surface area contributed by atoms with Gasteiger partial charge in [0.2, 0.25) is 0 Å². The Hall–Kier alpha value is -1.52. The fourth-order valence-corrected chi connectivity index (χ4v) is 1.75. The van der Waals surface area contributed by atoms with Gasteiger partial charge in [-0.25, -0.2) is 0 Å². The van der Waals surface area contributed by atoms with E-state index in [9.17, 15) is 18.0 Å². The van der Waals surface area contributed by atoms with Crippen LogP contribution in [-0.4, -0.2) is 12.1 Å². The topological polar surface area (TPSA) is 29.1 Å². The minimum Gasteiger partial charge on any atom is -0.318 e. The molecule has 0 bridgehead atoms. The van der Waals surface area contributed by atoms with Crippen molar-refractivity contribution in [3.8, 4) is 0 Å². The maximum atomic E-state index is 12.2. The van der Waals surface area contributed by atoms with E-state index in [2.05, 4.69) is 0 Å². The largest absolute Gasteiger partial charge is 0.471 e. The smallest absolute Gasteiger partial charge is 0.318 e. The second-order valence-electron chi connectivity index (χ2n) is 4.14. The number of benzene rings is 1. The zero-order valence-corrected chi connectivity index (χ0v) is 9.85. The van der Waals surface area contributed by atoms with Crippen LogP contribution in [0.2, 0.25) is 0 Å². The molecule has 0 atom stereocenters. The van der Waals surface area contributed by atoms with Gasteiger partial charge in [-0.05, 0) is 30.0 Å². The molecule has 2 nitrogen and oxygen atoms in total. The lowest BCUT2D eigenvalue weighted by atomic mass is 9.96. The Morgan fingerprint density at radius 2 is 1.88 bits per heavy atom. The summed E-state index contributed by atoms with van der Waals surface area (Å²) in [6.07, 6.45) is -4.86. The third kappa shape index (κ3) is 3.22. The fourth-order valence-electron chi connectivity index (χ4n) is 1.75. The molecule has 0 saturated heterocycles. The van der Waals surface area contributed by atoms with Gasteiger partial charge in [-0.1, -0.05) is 26.0 Å². The van der Waals surface area contributed by atoms with Gasteiger partial charge < -0.3 is 5.32 Å². The number of carbonyl (C=O) groups is 1. The Labute approximate surface area is 97.8 Å². The van der Waals surface area contributed by atoms with Crippen LogP contribution in [0.25, 0.3) is 0 Å². The molecule has 5 heteroatoms. The first-order valence-corrected chi connectivity index (χ1v) is 5.21. The van der Waals surface area contributed by atoms with Crippen LogP contribution in [0.15, 0.2) is 18.2 Å². The molecule has 0 aliphatic rings. The van der Waals surface area contributed by atoms with E-state index < -0.39 is 12.1 Å². The highest BCUT2D eigenvalue weighted by Crippen LogP contribution is 2.29. The van der Waals surface area contributed by atoms with Gasteiger partial charge >= 0.3 is 12.1 Å². The van der Waals surface area contributed by atoms with Crippen LogP contribution in [0.5, 0.6) is 0 Å². The van der Waals surface area contributed by atoms with Crippen molar-refractivity contribution in [2.75, 3.05) is 5.32 Å². The number of hydrogen-bond donors (Lipinski definition) is 1. The average Bonchev–Trinajstić information content (AvgIpc) is 2.15. The predicted molar refractivity (Wildman–Crippen MR) is 60.0 cm³/mol. The van der Waals surface area contributed by atoms with E-state index in [1.807, 2.05) is 19.2 Å². The maximum Gasteiger partial charge on any atom is 0.471 e. The molecule has 0 unspecified atom stereocenters. The number of anilines is 1. The minimum atomic E-state index is -4.86. The Kier molecular flexibility index (Phi) is 3.80. The summed E-state index contributed by atoms with van der Waals surface area (Å²) in [6.45, 7) is 5.54. The summed E-state index contributed by atoms with van der Waals surface area (Å²) in [5.41, 5.74) is 1.81. The van der Waals surface area contributed by atoms with E-state index in [1.165, 1.54) is 6.07 Å². The van der Waals surface area contributed by atoms with Gasteiger partial charge in [0, 0.05) is 5.69 Å². The number of rotatable bonds is 2. The Balaban J connectivity index is 3.07. The van der Waals surface area contributed by atoms with Crippen molar-refractivity contribution in [1.29, 1.82) is 0 Å². The van der Waals surface area contributed by atoms with E-state index >= 15 is 0 Å². The number of hydrogen-bond acceptors (Lipinski definition) is 1. The molecule has 1 N–H and O–H groups in total. The summed E-state index contributed by atoms with van der Waals surface area (Å²) in [7, 11) is 0. The number of alkyl halides is 3. The second kappa shape index (κ2) is 4.77. The first-order valence-electron chi connectivity index (χ1n) is 5.21. The molecular formula is C12H14F3NO. The summed E-state index contributed by atoms with van der Waals surface area (Å²) in [4.78, 5) is 10.9. The third-order valence-corrected chi connectivity index (χ3v) is 2.41. The second-order valence-corrected chi connectivity index (χ2v) is 4.14. The van der Waals surface area contributed by atoms with Crippen molar-refractivity contribution in [2.24, 2.45) is 0 Å². The lowest BCUT2D eigenvalue weighted by Crippen LogP contribution is -2.30. The SMILES string of the molecule is Cc1cccc(NC(=O)C(F)(F)F)c1C(C)C. The van der Waals surface area contributed by atoms with Crippen molar-refractivity contribution in [2.45, 2.75) is 32.9 Å². The zero-order valence-electron chi connectivity index (χ0n) is 9.85. The molecule has 0 aliphatic carbocycles. The summed E-state index contributed by atoms with van der Waals surface area (Å²) < 4.78 is 36.5. The minimum absolute atomic E-state index is 0.0414. The molecule has 0 fully saturated rings.